The number of nitrogens with zero attached hydrogens (tertiary/aromatic N) is 1. The first-order chi connectivity index (χ1) is 4.97. The highest BCUT2D eigenvalue weighted by Gasteiger charge is 2.10. The van der Waals surface area contributed by atoms with Crippen LogP contribution in [0.1, 0.15) is 26.5 Å². The lowest BCUT2D eigenvalue weighted by Gasteiger charge is -2.19. The highest BCUT2D eigenvalue weighted by molar-refractivity contribution is 7.13. The molecule has 1 N–H and O–H groups in total. The van der Waals surface area contributed by atoms with Crippen LogP contribution in [0.5, 0.6) is 0 Å². The fourth-order valence-corrected chi connectivity index (χ4v) is 1.63. The lowest BCUT2D eigenvalue weighted by Crippen LogP contribution is -2.25. The van der Waals surface area contributed by atoms with Gasteiger partial charge in [0.2, 0.25) is 0 Å². The summed E-state index contributed by atoms with van der Waals surface area (Å²) in [5.41, 5.74) is 1.20. The number of aromatic nitrogens is 1. The van der Waals surface area contributed by atoms with Gasteiger partial charge < -0.3 is 5.32 Å². The third kappa shape index (κ3) is 2.89. The molecule has 0 atom stereocenters. The Labute approximate surface area is 71.7 Å². The maximum Gasteiger partial charge on any atom is 0.183 e. The van der Waals surface area contributed by atoms with E-state index >= 15 is 0 Å². The fraction of sp³-hybridized carbons (Fsp3) is 0.625. The number of anilines is 1. The molecule has 0 radical (unpaired) electrons. The van der Waals surface area contributed by atoms with Gasteiger partial charge in [-0.15, -0.1) is 11.3 Å². The van der Waals surface area contributed by atoms with Gasteiger partial charge in [-0.3, -0.25) is 0 Å². The molecule has 0 aliphatic heterocycles. The molecular formula is C8H14N2S. The SMILES string of the molecule is Cc1csc(NC(C)(C)C)n1. The van der Waals surface area contributed by atoms with Crippen molar-refractivity contribution in [3.05, 3.63) is 11.1 Å². The molecule has 0 bridgehead atoms. The van der Waals surface area contributed by atoms with Crippen LogP contribution in [0.4, 0.5) is 5.13 Å². The Balaban J connectivity index is 2.65. The van der Waals surface area contributed by atoms with Gasteiger partial charge in [-0.25, -0.2) is 4.98 Å². The summed E-state index contributed by atoms with van der Waals surface area (Å²) in [5.74, 6) is 0. The quantitative estimate of drug-likeness (QED) is 0.701. The first kappa shape index (κ1) is 8.53. The van der Waals surface area contributed by atoms with Crippen LogP contribution in [0.15, 0.2) is 5.38 Å². The van der Waals surface area contributed by atoms with Crippen molar-refractivity contribution in [3.63, 3.8) is 0 Å². The highest BCUT2D eigenvalue weighted by atomic mass is 32.1. The van der Waals surface area contributed by atoms with E-state index in [1.54, 1.807) is 11.3 Å². The summed E-state index contributed by atoms with van der Waals surface area (Å²) in [5, 5.41) is 6.37. The van der Waals surface area contributed by atoms with Gasteiger partial charge in [-0.1, -0.05) is 0 Å². The minimum Gasteiger partial charge on any atom is -0.357 e. The minimum atomic E-state index is 0.115. The van der Waals surface area contributed by atoms with Gasteiger partial charge in [0.1, 0.15) is 0 Å². The monoisotopic (exact) mass is 170 g/mol. The Hall–Kier alpha value is -0.570. The molecule has 0 saturated carbocycles. The van der Waals surface area contributed by atoms with Crippen molar-refractivity contribution in [1.82, 2.24) is 4.98 Å². The molecule has 0 aliphatic rings. The van der Waals surface area contributed by atoms with Gasteiger partial charge in [-0.05, 0) is 27.7 Å². The average Bonchev–Trinajstić information content (AvgIpc) is 2.10. The molecule has 0 spiro atoms. The smallest absolute Gasteiger partial charge is 0.183 e. The zero-order valence-electron chi connectivity index (χ0n) is 7.43. The molecule has 0 saturated heterocycles. The molecule has 3 heteroatoms. The van der Waals surface area contributed by atoms with E-state index in [4.69, 9.17) is 0 Å². The molecule has 11 heavy (non-hydrogen) atoms. The van der Waals surface area contributed by atoms with Crippen molar-refractivity contribution in [3.8, 4) is 0 Å². The molecule has 62 valence electrons. The summed E-state index contributed by atoms with van der Waals surface area (Å²) >= 11 is 1.65. The second-order valence-corrected chi connectivity index (χ2v) is 4.53. The Morgan fingerprint density at radius 3 is 2.45 bits per heavy atom. The van der Waals surface area contributed by atoms with E-state index in [9.17, 15) is 0 Å². The van der Waals surface area contributed by atoms with Crippen molar-refractivity contribution < 1.29 is 0 Å². The Bertz CT molecular complexity index is 234. The average molecular weight is 170 g/mol. The predicted molar refractivity (Wildman–Crippen MR) is 50.2 cm³/mol. The number of nitrogens with one attached hydrogen (secondary N) is 1. The lowest BCUT2D eigenvalue weighted by atomic mass is 10.1. The van der Waals surface area contributed by atoms with E-state index in [1.165, 1.54) is 0 Å². The normalized spacial score (nSPS) is 11.6. The summed E-state index contributed by atoms with van der Waals surface area (Å²) < 4.78 is 0. The van der Waals surface area contributed by atoms with Crippen molar-refractivity contribution in [2.75, 3.05) is 5.32 Å². The predicted octanol–water partition coefficient (Wildman–Crippen LogP) is 2.66. The van der Waals surface area contributed by atoms with Gasteiger partial charge in [0.15, 0.2) is 5.13 Å². The number of hydrogen-bond acceptors (Lipinski definition) is 3. The van der Waals surface area contributed by atoms with Crippen LogP contribution in [-0.4, -0.2) is 10.5 Å². The first-order valence-electron chi connectivity index (χ1n) is 3.68. The van der Waals surface area contributed by atoms with Crippen LogP contribution in [0.25, 0.3) is 0 Å². The Morgan fingerprint density at radius 2 is 2.09 bits per heavy atom. The molecule has 1 aromatic heterocycles. The van der Waals surface area contributed by atoms with Crippen molar-refractivity contribution in [2.24, 2.45) is 0 Å². The van der Waals surface area contributed by atoms with E-state index in [0.29, 0.717) is 0 Å². The summed E-state index contributed by atoms with van der Waals surface area (Å²) in [4.78, 5) is 4.30. The molecule has 2 nitrogen and oxygen atoms in total. The number of aryl methyl sites for hydroxylation is 1. The Kier molecular flexibility index (Phi) is 2.18. The molecule has 0 unspecified atom stereocenters. The van der Waals surface area contributed by atoms with Crippen LogP contribution in [0.2, 0.25) is 0 Å². The number of thiazole rings is 1. The van der Waals surface area contributed by atoms with Crippen LogP contribution in [0.3, 0.4) is 0 Å². The highest BCUT2D eigenvalue weighted by Crippen LogP contribution is 2.18. The molecule has 0 amide bonds. The maximum atomic E-state index is 4.30. The van der Waals surface area contributed by atoms with E-state index in [0.717, 1.165) is 10.8 Å². The second kappa shape index (κ2) is 2.81. The summed E-state index contributed by atoms with van der Waals surface area (Å²) in [6.07, 6.45) is 0. The number of hydrogen-bond donors (Lipinski definition) is 1. The van der Waals surface area contributed by atoms with Crippen molar-refractivity contribution >= 4 is 16.5 Å². The standard InChI is InChI=1S/C8H14N2S/c1-6-5-11-7(9-6)10-8(2,3)4/h5H,1-4H3,(H,9,10). The number of rotatable bonds is 1. The van der Waals surface area contributed by atoms with E-state index in [2.05, 4.69) is 31.1 Å². The minimum absolute atomic E-state index is 0.115. The van der Waals surface area contributed by atoms with Crippen LogP contribution in [0, 0.1) is 6.92 Å². The molecule has 0 fully saturated rings. The van der Waals surface area contributed by atoms with Gasteiger partial charge in [0.05, 0.1) is 5.69 Å². The zero-order chi connectivity index (χ0) is 8.48. The largest absolute Gasteiger partial charge is 0.357 e. The molecule has 0 aromatic carbocycles. The van der Waals surface area contributed by atoms with Gasteiger partial charge in [-0.2, -0.15) is 0 Å². The van der Waals surface area contributed by atoms with Gasteiger partial charge >= 0.3 is 0 Å². The first-order valence-corrected chi connectivity index (χ1v) is 4.56. The molecule has 1 aromatic rings. The third-order valence-corrected chi connectivity index (χ3v) is 1.98. The molecule has 1 rings (SSSR count). The maximum absolute atomic E-state index is 4.30. The molecule has 1 heterocycles. The molecule has 0 aliphatic carbocycles. The summed E-state index contributed by atoms with van der Waals surface area (Å²) in [7, 11) is 0. The van der Waals surface area contributed by atoms with E-state index in [1.807, 2.05) is 12.3 Å². The summed E-state index contributed by atoms with van der Waals surface area (Å²) in [6.45, 7) is 8.39. The van der Waals surface area contributed by atoms with Gasteiger partial charge in [0.25, 0.3) is 0 Å². The summed E-state index contributed by atoms with van der Waals surface area (Å²) in [6, 6.07) is 0. The van der Waals surface area contributed by atoms with E-state index in [-0.39, 0.29) is 5.54 Å². The second-order valence-electron chi connectivity index (χ2n) is 3.67. The van der Waals surface area contributed by atoms with E-state index < -0.39 is 0 Å². The Morgan fingerprint density at radius 1 is 1.45 bits per heavy atom. The fourth-order valence-electron chi connectivity index (χ4n) is 0.732. The topological polar surface area (TPSA) is 24.9 Å². The van der Waals surface area contributed by atoms with Crippen molar-refractivity contribution in [1.29, 1.82) is 0 Å². The third-order valence-electron chi connectivity index (χ3n) is 1.10. The van der Waals surface area contributed by atoms with Crippen LogP contribution < -0.4 is 5.32 Å². The van der Waals surface area contributed by atoms with Gasteiger partial charge in [0, 0.05) is 10.9 Å². The zero-order valence-corrected chi connectivity index (χ0v) is 8.25. The van der Waals surface area contributed by atoms with Crippen LogP contribution in [-0.2, 0) is 0 Å². The lowest BCUT2D eigenvalue weighted by molar-refractivity contribution is 0.633. The van der Waals surface area contributed by atoms with Crippen molar-refractivity contribution in [2.45, 2.75) is 33.2 Å². The molecular weight excluding hydrogens is 156 g/mol. The van der Waals surface area contributed by atoms with Crippen LogP contribution >= 0.6 is 11.3 Å².